The van der Waals surface area contributed by atoms with Gasteiger partial charge >= 0.3 is 0 Å². The number of carbonyl (C=O) groups is 1. The predicted octanol–water partition coefficient (Wildman–Crippen LogP) is 3.55. The van der Waals surface area contributed by atoms with Gasteiger partial charge in [0.1, 0.15) is 23.4 Å². The summed E-state index contributed by atoms with van der Waals surface area (Å²) in [6.45, 7) is 1.50. The first-order valence-electron chi connectivity index (χ1n) is 11.0. The fourth-order valence-corrected chi connectivity index (χ4v) is 5.33. The Morgan fingerprint density at radius 2 is 1.85 bits per heavy atom. The van der Waals surface area contributed by atoms with Crippen molar-refractivity contribution < 1.29 is 27.8 Å². The maximum absolute atomic E-state index is 12.8. The van der Waals surface area contributed by atoms with Crippen LogP contribution < -0.4 is 14.8 Å². The van der Waals surface area contributed by atoms with Gasteiger partial charge in [0.05, 0.1) is 16.8 Å². The number of anilines is 1. The van der Waals surface area contributed by atoms with E-state index in [1.165, 1.54) is 12.1 Å². The zero-order valence-electron chi connectivity index (χ0n) is 19.0. The van der Waals surface area contributed by atoms with Gasteiger partial charge < -0.3 is 19.9 Å². The molecule has 0 bridgehead atoms. The van der Waals surface area contributed by atoms with E-state index in [4.69, 9.17) is 9.47 Å². The van der Waals surface area contributed by atoms with E-state index in [0.29, 0.717) is 35.9 Å². The quantitative estimate of drug-likeness (QED) is 0.476. The molecular formula is C24H27N3O6S. The molecule has 34 heavy (non-hydrogen) atoms. The van der Waals surface area contributed by atoms with Crippen LogP contribution >= 0.6 is 0 Å². The van der Waals surface area contributed by atoms with Crippen LogP contribution in [0.1, 0.15) is 36.5 Å². The van der Waals surface area contributed by atoms with Crippen LogP contribution in [0.25, 0.3) is 0 Å². The highest BCUT2D eigenvalue weighted by Gasteiger charge is 2.32. The molecule has 0 radical (unpaired) electrons. The average Bonchev–Trinajstić information content (AvgIpc) is 3.16. The van der Waals surface area contributed by atoms with Crippen LogP contribution in [0.15, 0.2) is 59.6 Å². The lowest BCUT2D eigenvalue weighted by Gasteiger charge is -2.25. The smallest absolute Gasteiger partial charge is 0.257 e. The molecule has 9 nitrogen and oxygen atoms in total. The SMILES string of the molecule is C[C@@H](CO)Oc1cc(Oc2ccc(S(=O)(=O)C3CCC3)cc2)cc(C(=O)Nc2ccn(C)n2)c1. The largest absolute Gasteiger partial charge is 0.488 e. The van der Waals surface area contributed by atoms with E-state index >= 15 is 0 Å². The van der Waals surface area contributed by atoms with E-state index in [1.54, 1.807) is 61.2 Å². The number of ether oxygens (including phenoxy) is 2. The summed E-state index contributed by atoms with van der Waals surface area (Å²) >= 11 is 0. The number of aliphatic hydroxyl groups is 1. The first-order chi connectivity index (χ1) is 16.2. The summed E-state index contributed by atoms with van der Waals surface area (Å²) in [5.41, 5.74) is 0.271. The minimum Gasteiger partial charge on any atom is -0.488 e. The summed E-state index contributed by atoms with van der Waals surface area (Å²) in [7, 11) is -1.58. The van der Waals surface area contributed by atoms with Crippen molar-refractivity contribution in [2.45, 2.75) is 42.4 Å². The molecule has 10 heteroatoms. The monoisotopic (exact) mass is 485 g/mol. The highest BCUT2D eigenvalue weighted by molar-refractivity contribution is 7.92. The van der Waals surface area contributed by atoms with Crippen molar-refractivity contribution >= 4 is 21.6 Å². The zero-order chi connectivity index (χ0) is 24.3. The van der Waals surface area contributed by atoms with E-state index in [-0.39, 0.29) is 22.3 Å². The molecule has 1 aromatic heterocycles. The summed E-state index contributed by atoms with van der Waals surface area (Å²) < 4.78 is 38.4. The van der Waals surface area contributed by atoms with Crippen LogP contribution in [0.4, 0.5) is 5.82 Å². The van der Waals surface area contributed by atoms with Gasteiger partial charge in [-0.3, -0.25) is 9.48 Å². The van der Waals surface area contributed by atoms with Gasteiger partial charge in [-0.2, -0.15) is 5.10 Å². The van der Waals surface area contributed by atoms with Crippen LogP contribution in [0.3, 0.4) is 0 Å². The van der Waals surface area contributed by atoms with E-state index < -0.39 is 21.8 Å². The fourth-order valence-electron chi connectivity index (χ4n) is 3.48. The van der Waals surface area contributed by atoms with E-state index in [0.717, 1.165) is 6.42 Å². The molecule has 1 saturated carbocycles. The Morgan fingerprint density at radius 3 is 2.44 bits per heavy atom. The number of aromatic nitrogens is 2. The number of benzene rings is 2. The molecule has 1 heterocycles. The number of hydrogen-bond acceptors (Lipinski definition) is 7. The van der Waals surface area contributed by atoms with Crippen LogP contribution in [0.5, 0.6) is 17.2 Å². The molecule has 1 aliphatic carbocycles. The highest BCUT2D eigenvalue weighted by Crippen LogP contribution is 2.33. The summed E-state index contributed by atoms with van der Waals surface area (Å²) in [5.74, 6) is 1.06. The lowest BCUT2D eigenvalue weighted by Crippen LogP contribution is -2.28. The molecule has 1 atom stereocenters. The standard InChI is InChI=1S/C24H27N3O6S/c1-16(15-28)32-19-12-17(24(29)25-23-10-11-27(2)26-23)13-20(14-19)33-18-6-8-22(9-7-18)34(30,31)21-4-3-5-21/h6-14,16,21,28H,3-5,15H2,1-2H3,(H,25,26,29)/t16-/m0/s1. The van der Waals surface area contributed by atoms with Crippen molar-refractivity contribution in [1.82, 2.24) is 9.78 Å². The molecule has 1 amide bonds. The Morgan fingerprint density at radius 1 is 1.15 bits per heavy atom. The van der Waals surface area contributed by atoms with Gasteiger partial charge in [-0.05, 0) is 56.2 Å². The molecule has 3 aromatic rings. The Hall–Kier alpha value is -3.37. The summed E-state index contributed by atoms with van der Waals surface area (Å²) in [5, 5.41) is 15.9. The molecule has 180 valence electrons. The minimum absolute atomic E-state index is 0.197. The van der Waals surface area contributed by atoms with Gasteiger partial charge in [0.2, 0.25) is 0 Å². The normalized spacial score (nSPS) is 14.8. The van der Waals surface area contributed by atoms with Crippen LogP contribution in [0, 0.1) is 0 Å². The second kappa shape index (κ2) is 9.86. The van der Waals surface area contributed by atoms with Crippen molar-refractivity contribution in [2.24, 2.45) is 7.05 Å². The lowest BCUT2D eigenvalue weighted by molar-refractivity contribution is 0.102. The molecule has 0 spiro atoms. The van der Waals surface area contributed by atoms with Gasteiger partial charge in [-0.25, -0.2) is 8.42 Å². The third-order valence-electron chi connectivity index (χ3n) is 5.57. The number of nitrogens with zero attached hydrogens (tertiary/aromatic N) is 2. The number of hydrogen-bond donors (Lipinski definition) is 2. The van der Waals surface area contributed by atoms with E-state index in [2.05, 4.69) is 10.4 Å². The van der Waals surface area contributed by atoms with Gasteiger partial charge in [-0.1, -0.05) is 6.42 Å². The van der Waals surface area contributed by atoms with Crippen molar-refractivity contribution in [2.75, 3.05) is 11.9 Å². The van der Waals surface area contributed by atoms with Gasteiger partial charge in [0.15, 0.2) is 15.7 Å². The molecule has 4 rings (SSSR count). The summed E-state index contributed by atoms with van der Waals surface area (Å²) in [6.07, 6.45) is 3.56. The first kappa shape index (κ1) is 23.8. The lowest BCUT2D eigenvalue weighted by atomic mass is 10.00. The van der Waals surface area contributed by atoms with Crippen molar-refractivity contribution in [3.05, 3.63) is 60.3 Å². The molecule has 2 aromatic carbocycles. The summed E-state index contributed by atoms with van der Waals surface area (Å²) in [4.78, 5) is 13.1. The number of nitrogens with one attached hydrogen (secondary N) is 1. The predicted molar refractivity (Wildman–Crippen MR) is 126 cm³/mol. The Bertz CT molecular complexity index is 1270. The second-order valence-electron chi connectivity index (χ2n) is 8.30. The van der Waals surface area contributed by atoms with Crippen LogP contribution in [-0.2, 0) is 16.9 Å². The van der Waals surface area contributed by atoms with Crippen LogP contribution in [0.2, 0.25) is 0 Å². The summed E-state index contributed by atoms with van der Waals surface area (Å²) in [6, 6.07) is 12.6. The molecule has 1 fully saturated rings. The van der Waals surface area contributed by atoms with Gasteiger partial charge in [-0.15, -0.1) is 0 Å². The number of rotatable bonds is 9. The topological polar surface area (TPSA) is 120 Å². The number of aryl methyl sites for hydroxylation is 1. The van der Waals surface area contributed by atoms with Gasteiger partial charge in [0.25, 0.3) is 5.91 Å². The zero-order valence-corrected chi connectivity index (χ0v) is 19.8. The first-order valence-corrected chi connectivity index (χ1v) is 12.5. The number of carbonyl (C=O) groups excluding carboxylic acids is 1. The number of sulfone groups is 1. The molecule has 2 N–H and O–H groups in total. The minimum atomic E-state index is -3.32. The Balaban J connectivity index is 1.56. The third-order valence-corrected chi connectivity index (χ3v) is 7.85. The number of aliphatic hydroxyl groups excluding tert-OH is 1. The molecule has 0 aliphatic heterocycles. The Labute approximate surface area is 198 Å². The Kier molecular flexibility index (Phi) is 6.90. The third kappa shape index (κ3) is 5.40. The number of amides is 1. The van der Waals surface area contributed by atoms with Crippen molar-refractivity contribution in [1.29, 1.82) is 0 Å². The molecule has 0 unspecified atom stereocenters. The van der Waals surface area contributed by atoms with E-state index in [1.807, 2.05) is 0 Å². The maximum atomic E-state index is 12.8. The van der Waals surface area contributed by atoms with Crippen molar-refractivity contribution in [3.8, 4) is 17.2 Å². The van der Waals surface area contributed by atoms with Gasteiger partial charge in [0, 0.05) is 30.9 Å². The van der Waals surface area contributed by atoms with Crippen LogP contribution in [-0.4, -0.2) is 47.2 Å². The van der Waals surface area contributed by atoms with E-state index in [9.17, 15) is 18.3 Å². The van der Waals surface area contributed by atoms with Crippen molar-refractivity contribution in [3.63, 3.8) is 0 Å². The average molecular weight is 486 g/mol. The maximum Gasteiger partial charge on any atom is 0.257 e. The fraction of sp³-hybridized carbons (Fsp3) is 0.333. The second-order valence-corrected chi connectivity index (χ2v) is 10.5. The molecule has 1 aliphatic rings. The highest BCUT2D eigenvalue weighted by atomic mass is 32.2. The molecular weight excluding hydrogens is 458 g/mol. The molecule has 0 saturated heterocycles.